The first kappa shape index (κ1) is 26.9. The van der Waals surface area contributed by atoms with Gasteiger partial charge in [-0.1, -0.05) is 54.6 Å². The van der Waals surface area contributed by atoms with Gasteiger partial charge in [0.15, 0.2) is 0 Å². The van der Waals surface area contributed by atoms with E-state index in [9.17, 15) is 14.7 Å². The number of hydroxylamine groups is 2. The Morgan fingerprint density at radius 1 is 1.20 bits per heavy atom. The highest BCUT2D eigenvalue weighted by atomic mass is 16.7. The molecule has 2 unspecified atom stereocenters. The van der Waals surface area contributed by atoms with Crippen molar-refractivity contribution in [3.8, 4) is 0 Å². The number of carbonyl (C=O) groups excluding carboxylic acids is 2. The van der Waals surface area contributed by atoms with E-state index in [0.29, 0.717) is 32.3 Å². The SMILES string of the molecule is Cc1ccccc1CNC(=O)C1NCCC1C[C@H](O)[C@H](Cc1ccccc1)N(C=O)OC(C)(C)C. The monoisotopic (exact) mass is 481 g/mol. The number of aliphatic hydroxyl groups is 1. The lowest BCUT2D eigenvalue weighted by Crippen LogP contribution is -2.50. The second-order valence-corrected chi connectivity index (χ2v) is 10.4. The van der Waals surface area contributed by atoms with Crippen LogP contribution in [0.5, 0.6) is 0 Å². The average Bonchev–Trinajstić information content (AvgIpc) is 3.28. The number of amides is 2. The first-order chi connectivity index (χ1) is 16.7. The number of aryl methyl sites for hydroxylation is 1. The van der Waals surface area contributed by atoms with Crippen molar-refractivity contribution in [3.05, 3.63) is 71.3 Å². The van der Waals surface area contributed by atoms with E-state index in [1.54, 1.807) is 0 Å². The molecule has 1 fully saturated rings. The Morgan fingerprint density at radius 3 is 2.54 bits per heavy atom. The fourth-order valence-corrected chi connectivity index (χ4v) is 4.62. The maximum Gasteiger partial charge on any atom is 0.237 e. The van der Waals surface area contributed by atoms with Crippen molar-refractivity contribution in [2.75, 3.05) is 6.54 Å². The van der Waals surface area contributed by atoms with E-state index in [-0.39, 0.29) is 17.9 Å². The molecule has 1 aliphatic heterocycles. The van der Waals surface area contributed by atoms with E-state index < -0.39 is 17.7 Å². The topological polar surface area (TPSA) is 90.9 Å². The molecule has 2 amide bonds. The van der Waals surface area contributed by atoms with Gasteiger partial charge in [-0.05, 0) is 76.1 Å². The molecule has 0 aliphatic carbocycles. The predicted octanol–water partition coefficient (Wildman–Crippen LogP) is 3.14. The summed E-state index contributed by atoms with van der Waals surface area (Å²) in [5, 5.41) is 18.9. The minimum Gasteiger partial charge on any atom is -0.391 e. The van der Waals surface area contributed by atoms with E-state index in [4.69, 9.17) is 4.84 Å². The Morgan fingerprint density at radius 2 is 1.89 bits per heavy atom. The summed E-state index contributed by atoms with van der Waals surface area (Å²) in [5.41, 5.74) is 2.62. The standard InChI is InChI=1S/C28H39N3O4/c1-20-10-8-9-13-23(20)18-30-27(34)26-22(14-15-29-26)17-25(33)24(16-21-11-6-5-7-12-21)31(19-32)35-28(2,3)4/h5-13,19,22,24-26,29,33H,14-18H2,1-4H3,(H,30,34)/t22?,24-,25-,26?/m0/s1. The van der Waals surface area contributed by atoms with E-state index in [1.165, 1.54) is 5.06 Å². The van der Waals surface area contributed by atoms with Crippen LogP contribution in [0.2, 0.25) is 0 Å². The number of benzene rings is 2. The second kappa shape index (κ2) is 12.3. The van der Waals surface area contributed by atoms with Crippen LogP contribution in [0.3, 0.4) is 0 Å². The molecule has 2 aromatic rings. The number of aliphatic hydroxyl groups excluding tert-OH is 1. The molecule has 7 heteroatoms. The van der Waals surface area contributed by atoms with Crippen LogP contribution in [0, 0.1) is 12.8 Å². The molecule has 1 heterocycles. The zero-order valence-electron chi connectivity index (χ0n) is 21.2. The van der Waals surface area contributed by atoms with Gasteiger partial charge in [-0.15, -0.1) is 0 Å². The maximum atomic E-state index is 13.0. The van der Waals surface area contributed by atoms with Crippen molar-refractivity contribution in [1.29, 1.82) is 0 Å². The highest BCUT2D eigenvalue weighted by Crippen LogP contribution is 2.26. The Kier molecular flexibility index (Phi) is 9.43. The van der Waals surface area contributed by atoms with Crippen molar-refractivity contribution in [1.82, 2.24) is 15.7 Å². The molecule has 0 spiro atoms. The Balaban J connectivity index is 1.69. The molecule has 2 aromatic carbocycles. The molecule has 7 nitrogen and oxygen atoms in total. The van der Waals surface area contributed by atoms with Crippen LogP contribution in [0.15, 0.2) is 54.6 Å². The molecule has 0 bridgehead atoms. The Labute approximate surface area is 208 Å². The van der Waals surface area contributed by atoms with Crippen molar-refractivity contribution < 1.29 is 19.5 Å². The number of nitrogens with zero attached hydrogens (tertiary/aromatic N) is 1. The fourth-order valence-electron chi connectivity index (χ4n) is 4.62. The van der Waals surface area contributed by atoms with Crippen molar-refractivity contribution in [2.24, 2.45) is 5.92 Å². The summed E-state index contributed by atoms with van der Waals surface area (Å²) in [6.45, 7) is 8.80. The van der Waals surface area contributed by atoms with E-state index in [1.807, 2.05) is 82.3 Å². The lowest BCUT2D eigenvalue weighted by molar-refractivity contribution is -0.243. The summed E-state index contributed by atoms with van der Waals surface area (Å²) in [6, 6.07) is 16.8. The van der Waals surface area contributed by atoms with E-state index in [2.05, 4.69) is 10.6 Å². The van der Waals surface area contributed by atoms with Gasteiger partial charge in [-0.2, -0.15) is 0 Å². The van der Waals surface area contributed by atoms with Gasteiger partial charge in [0.1, 0.15) is 0 Å². The molecular formula is C28H39N3O4. The average molecular weight is 482 g/mol. The van der Waals surface area contributed by atoms with Gasteiger partial charge in [0.2, 0.25) is 12.3 Å². The van der Waals surface area contributed by atoms with Gasteiger partial charge in [-0.3, -0.25) is 14.4 Å². The predicted molar refractivity (Wildman–Crippen MR) is 136 cm³/mol. The second-order valence-electron chi connectivity index (χ2n) is 10.4. The van der Waals surface area contributed by atoms with Crippen LogP contribution < -0.4 is 10.6 Å². The number of hydrogen-bond acceptors (Lipinski definition) is 5. The van der Waals surface area contributed by atoms with E-state index >= 15 is 0 Å². The van der Waals surface area contributed by atoms with Crippen LogP contribution in [0.25, 0.3) is 0 Å². The van der Waals surface area contributed by atoms with E-state index in [0.717, 1.165) is 23.1 Å². The molecule has 35 heavy (non-hydrogen) atoms. The molecule has 3 N–H and O–H groups in total. The van der Waals surface area contributed by atoms with Crippen molar-refractivity contribution >= 4 is 12.3 Å². The maximum absolute atomic E-state index is 13.0. The number of rotatable bonds is 11. The largest absolute Gasteiger partial charge is 0.391 e. The Hall–Kier alpha value is -2.74. The van der Waals surface area contributed by atoms with Crippen LogP contribution in [-0.4, -0.2) is 52.8 Å². The number of carbonyl (C=O) groups is 2. The number of nitrogens with one attached hydrogen (secondary N) is 2. The zero-order valence-corrected chi connectivity index (χ0v) is 21.2. The van der Waals surface area contributed by atoms with Gasteiger partial charge in [0.25, 0.3) is 0 Å². The van der Waals surface area contributed by atoms with Gasteiger partial charge in [0.05, 0.1) is 23.8 Å². The van der Waals surface area contributed by atoms with Crippen LogP contribution in [-0.2, 0) is 27.4 Å². The summed E-state index contributed by atoms with van der Waals surface area (Å²) in [7, 11) is 0. The summed E-state index contributed by atoms with van der Waals surface area (Å²) >= 11 is 0. The first-order valence-corrected chi connectivity index (χ1v) is 12.4. The van der Waals surface area contributed by atoms with Gasteiger partial charge < -0.3 is 15.7 Å². The van der Waals surface area contributed by atoms with Gasteiger partial charge in [0, 0.05) is 6.54 Å². The normalized spacial score (nSPS) is 19.7. The lowest BCUT2D eigenvalue weighted by Gasteiger charge is -2.36. The van der Waals surface area contributed by atoms with Crippen LogP contribution in [0.4, 0.5) is 0 Å². The van der Waals surface area contributed by atoms with Crippen LogP contribution >= 0.6 is 0 Å². The molecule has 0 saturated carbocycles. The zero-order chi connectivity index (χ0) is 25.4. The third-order valence-electron chi connectivity index (χ3n) is 6.43. The molecule has 1 aliphatic rings. The minimum atomic E-state index is -0.862. The first-order valence-electron chi connectivity index (χ1n) is 12.4. The highest BCUT2D eigenvalue weighted by molar-refractivity contribution is 5.82. The fraction of sp³-hybridized carbons (Fsp3) is 0.500. The molecular weight excluding hydrogens is 442 g/mol. The smallest absolute Gasteiger partial charge is 0.237 e. The Bertz CT molecular complexity index is 960. The lowest BCUT2D eigenvalue weighted by atomic mass is 9.88. The van der Waals surface area contributed by atoms with Gasteiger partial charge >= 0.3 is 0 Å². The molecule has 0 radical (unpaired) electrons. The summed E-state index contributed by atoms with van der Waals surface area (Å²) < 4.78 is 0. The van der Waals surface area contributed by atoms with Crippen molar-refractivity contribution in [3.63, 3.8) is 0 Å². The van der Waals surface area contributed by atoms with Gasteiger partial charge in [-0.25, -0.2) is 5.06 Å². The molecule has 0 aromatic heterocycles. The quantitative estimate of drug-likeness (QED) is 0.339. The summed E-state index contributed by atoms with van der Waals surface area (Å²) in [6.07, 6.45) is 1.38. The third-order valence-corrected chi connectivity index (χ3v) is 6.43. The minimum absolute atomic E-state index is 0.0525. The molecule has 3 rings (SSSR count). The summed E-state index contributed by atoms with van der Waals surface area (Å²) in [4.78, 5) is 30.9. The molecule has 4 atom stereocenters. The number of hydrogen-bond donors (Lipinski definition) is 3. The third kappa shape index (κ3) is 7.88. The van der Waals surface area contributed by atoms with Crippen molar-refractivity contribution in [2.45, 2.75) is 77.3 Å². The van der Waals surface area contributed by atoms with Crippen LogP contribution in [0.1, 0.15) is 50.3 Å². The molecule has 190 valence electrons. The molecule has 1 saturated heterocycles. The summed E-state index contributed by atoms with van der Waals surface area (Å²) in [5.74, 6) is -0.121. The highest BCUT2D eigenvalue weighted by Gasteiger charge is 2.37.